The van der Waals surface area contributed by atoms with Crippen LogP contribution in [0.2, 0.25) is 5.02 Å². The Morgan fingerprint density at radius 1 is 1.33 bits per heavy atom. The molecule has 21 heavy (non-hydrogen) atoms. The summed E-state index contributed by atoms with van der Waals surface area (Å²) in [5.74, 6) is 0.256. The zero-order valence-electron chi connectivity index (χ0n) is 12.4. The van der Waals surface area contributed by atoms with Crippen molar-refractivity contribution in [2.75, 3.05) is 6.54 Å². The number of piperidine rings is 1. The van der Waals surface area contributed by atoms with Gasteiger partial charge in [0.1, 0.15) is 0 Å². The average Bonchev–Trinajstić information content (AvgIpc) is 2.48. The van der Waals surface area contributed by atoms with E-state index in [0.717, 1.165) is 31.2 Å². The predicted molar refractivity (Wildman–Crippen MR) is 87.6 cm³/mol. The molecule has 1 atom stereocenters. The van der Waals surface area contributed by atoms with E-state index in [1.54, 1.807) is 23.4 Å². The molecular weight excluding hydrogens is 329 g/mol. The van der Waals surface area contributed by atoms with Crippen molar-refractivity contribution in [1.29, 1.82) is 0 Å². The molecule has 1 saturated heterocycles. The largest absolute Gasteiger partial charge is 0.243 e. The predicted octanol–water partition coefficient (Wildman–Crippen LogP) is 4.34. The molecule has 3 nitrogen and oxygen atoms in total. The van der Waals surface area contributed by atoms with Gasteiger partial charge in [-0.3, -0.25) is 0 Å². The highest BCUT2D eigenvalue weighted by Gasteiger charge is 2.33. The van der Waals surface area contributed by atoms with Crippen LogP contribution in [0.25, 0.3) is 0 Å². The van der Waals surface area contributed by atoms with Crippen LogP contribution in [0, 0.1) is 6.92 Å². The first-order chi connectivity index (χ1) is 9.91. The smallest absolute Gasteiger partial charge is 0.207 e. The molecule has 0 aromatic heterocycles. The van der Waals surface area contributed by atoms with Crippen LogP contribution in [0.4, 0.5) is 0 Å². The molecule has 1 aromatic rings. The number of halogens is 2. The fourth-order valence-corrected chi connectivity index (χ4v) is 5.59. The van der Waals surface area contributed by atoms with Gasteiger partial charge in [-0.05, 0) is 49.4 Å². The van der Waals surface area contributed by atoms with Crippen molar-refractivity contribution in [1.82, 2.24) is 4.31 Å². The maximum Gasteiger partial charge on any atom is 0.243 e. The molecular formula is C15H21Cl2NO2S. The Morgan fingerprint density at radius 3 is 2.67 bits per heavy atom. The average molecular weight is 350 g/mol. The van der Waals surface area contributed by atoms with Crippen molar-refractivity contribution in [2.45, 2.75) is 56.3 Å². The van der Waals surface area contributed by atoms with Gasteiger partial charge in [-0.25, -0.2) is 8.42 Å². The Hall–Kier alpha value is -0.290. The Bertz CT molecular complexity index is 616. The van der Waals surface area contributed by atoms with E-state index < -0.39 is 10.0 Å². The molecule has 118 valence electrons. The quantitative estimate of drug-likeness (QED) is 0.758. The van der Waals surface area contributed by atoms with E-state index in [4.69, 9.17) is 23.2 Å². The van der Waals surface area contributed by atoms with Crippen LogP contribution in [0.3, 0.4) is 0 Å². The maximum absolute atomic E-state index is 13.0. The molecule has 1 aliphatic heterocycles. The first-order valence-electron chi connectivity index (χ1n) is 7.28. The summed E-state index contributed by atoms with van der Waals surface area (Å²) >= 11 is 12.0. The van der Waals surface area contributed by atoms with Crippen molar-refractivity contribution in [3.63, 3.8) is 0 Å². The lowest BCUT2D eigenvalue weighted by Crippen LogP contribution is -2.43. The topological polar surface area (TPSA) is 37.4 Å². The lowest BCUT2D eigenvalue weighted by molar-refractivity contribution is 0.246. The maximum atomic E-state index is 13.0. The van der Waals surface area contributed by atoms with E-state index in [9.17, 15) is 8.42 Å². The lowest BCUT2D eigenvalue weighted by atomic mass is 10.0. The molecule has 0 amide bonds. The molecule has 1 aliphatic rings. The number of benzene rings is 1. The van der Waals surface area contributed by atoms with Gasteiger partial charge in [-0.1, -0.05) is 24.9 Å². The third-order valence-electron chi connectivity index (χ3n) is 4.21. The Kier molecular flexibility index (Phi) is 5.58. The van der Waals surface area contributed by atoms with Crippen LogP contribution in [0.15, 0.2) is 17.0 Å². The van der Waals surface area contributed by atoms with Gasteiger partial charge >= 0.3 is 0 Å². The van der Waals surface area contributed by atoms with E-state index in [2.05, 4.69) is 0 Å². The van der Waals surface area contributed by atoms with Crippen LogP contribution < -0.4 is 0 Å². The summed E-state index contributed by atoms with van der Waals surface area (Å²) < 4.78 is 27.7. The van der Waals surface area contributed by atoms with E-state index >= 15 is 0 Å². The monoisotopic (exact) mass is 349 g/mol. The minimum Gasteiger partial charge on any atom is -0.207 e. The minimum absolute atomic E-state index is 0.0848. The summed E-state index contributed by atoms with van der Waals surface area (Å²) in [5.41, 5.74) is 1.47. The fourth-order valence-electron chi connectivity index (χ4n) is 2.94. The molecule has 1 unspecified atom stereocenters. The second kappa shape index (κ2) is 6.86. The second-order valence-electron chi connectivity index (χ2n) is 5.50. The van der Waals surface area contributed by atoms with E-state index in [-0.39, 0.29) is 11.9 Å². The van der Waals surface area contributed by atoms with Crippen molar-refractivity contribution in [3.8, 4) is 0 Å². The molecule has 0 N–H and O–H groups in total. The summed E-state index contributed by atoms with van der Waals surface area (Å²) in [6.07, 6.45) is 3.77. The molecule has 1 heterocycles. The third-order valence-corrected chi connectivity index (χ3v) is 6.79. The molecule has 0 saturated carbocycles. The fraction of sp³-hybridized carbons (Fsp3) is 0.600. The van der Waals surface area contributed by atoms with E-state index in [1.165, 1.54) is 0 Å². The van der Waals surface area contributed by atoms with Crippen molar-refractivity contribution >= 4 is 33.2 Å². The first-order valence-corrected chi connectivity index (χ1v) is 9.64. The molecule has 2 rings (SSSR count). The Morgan fingerprint density at radius 2 is 2.05 bits per heavy atom. The van der Waals surface area contributed by atoms with Crippen LogP contribution >= 0.6 is 23.2 Å². The van der Waals surface area contributed by atoms with Gasteiger partial charge in [0.15, 0.2) is 0 Å². The zero-order valence-corrected chi connectivity index (χ0v) is 14.7. The molecule has 0 bridgehead atoms. The summed E-state index contributed by atoms with van der Waals surface area (Å²) in [5, 5.41) is 0.417. The standard InChI is InChI=1S/C15H21Cl2NO2S/c1-3-14-6-4-5-7-18(14)21(19,20)15-9-13(17)8-12(10-16)11(15)2/h8-9,14H,3-7,10H2,1-2H3. The highest BCUT2D eigenvalue weighted by Crippen LogP contribution is 2.32. The van der Waals surface area contributed by atoms with Gasteiger partial charge in [0.05, 0.1) is 4.90 Å². The zero-order chi connectivity index (χ0) is 15.6. The van der Waals surface area contributed by atoms with E-state index in [0.29, 0.717) is 22.0 Å². The number of rotatable bonds is 4. The van der Waals surface area contributed by atoms with Gasteiger partial charge in [-0.2, -0.15) is 4.31 Å². The number of alkyl halides is 1. The summed E-state index contributed by atoms with van der Waals surface area (Å²) in [7, 11) is -3.52. The summed E-state index contributed by atoms with van der Waals surface area (Å²) in [4.78, 5) is 0.297. The molecule has 6 heteroatoms. The molecule has 1 fully saturated rings. The Balaban J connectivity index is 2.50. The number of hydrogen-bond acceptors (Lipinski definition) is 2. The van der Waals surface area contributed by atoms with Gasteiger partial charge < -0.3 is 0 Å². The van der Waals surface area contributed by atoms with Crippen LogP contribution in [-0.2, 0) is 15.9 Å². The van der Waals surface area contributed by atoms with Crippen molar-refractivity contribution in [2.24, 2.45) is 0 Å². The van der Waals surface area contributed by atoms with Gasteiger partial charge in [0.25, 0.3) is 0 Å². The molecule has 0 aliphatic carbocycles. The lowest BCUT2D eigenvalue weighted by Gasteiger charge is -2.34. The van der Waals surface area contributed by atoms with Gasteiger partial charge in [-0.15, -0.1) is 11.6 Å². The summed E-state index contributed by atoms with van der Waals surface area (Å²) in [6.45, 7) is 4.42. The van der Waals surface area contributed by atoms with Crippen LogP contribution in [-0.4, -0.2) is 25.3 Å². The number of nitrogens with zero attached hydrogens (tertiary/aromatic N) is 1. The van der Waals surface area contributed by atoms with Crippen LogP contribution in [0.5, 0.6) is 0 Å². The van der Waals surface area contributed by atoms with Crippen LogP contribution in [0.1, 0.15) is 43.7 Å². The SMILES string of the molecule is CCC1CCCCN1S(=O)(=O)c1cc(Cl)cc(CCl)c1C. The minimum atomic E-state index is -3.52. The highest BCUT2D eigenvalue weighted by atomic mass is 35.5. The van der Waals surface area contributed by atoms with Gasteiger partial charge in [0.2, 0.25) is 10.0 Å². The highest BCUT2D eigenvalue weighted by molar-refractivity contribution is 7.89. The number of sulfonamides is 1. The van der Waals surface area contributed by atoms with Crippen molar-refractivity contribution < 1.29 is 8.42 Å². The normalized spacial score (nSPS) is 20.7. The molecule has 0 radical (unpaired) electrons. The Labute approximate surface area is 137 Å². The molecule has 0 spiro atoms. The van der Waals surface area contributed by atoms with Crippen molar-refractivity contribution in [3.05, 3.63) is 28.3 Å². The molecule has 1 aromatic carbocycles. The number of hydrogen-bond donors (Lipinski definition) is 0. The second-order valence-corrected chi connectivity index (χ2v) is 8.06. The van der Waals surface area contributed by atoms with Gasteiger partial charge in [0, 0.05) is 23.5 Å². The van der Waals surface area contributed by atoms with E-state index in [1.807, 2.05) is 6.92 Å². The third kappa shape index (κ3) is 3.39. The first kappa shape index (κ1) is 17.1. The summed E-state index contributed by atoms with van der Waals surface area (Å²) in [6, 6.07) is 3.36.